The van der Waals surface area contributed by atoms with Crippen LogP contribution in [0.4, 0.5) is 4.79 Å². The molecule has 0 aromatic heterocycles. The molecule has 0 radical (unpaired) electrons. The standard InChI is InChI=1S/C20H31N3O4/c1-19(2,3)26-13-9-10-16(27-20(4,5)6)14(11-13)15-12-21-17(23(15)7)22-18(24)25-8/h9-11,15H,12H2,1-8H3,(H,21,22,24). The van der Waals surface area contributed by atoms with Crippen molar-refractivity contribution in [2.75, 3.05) is 20.7 Å². The third kappa shape index (κ3) is 5.77. The fraction of sp³-hybridized carbons (Fsp3) is 0.600. The molecule has 0 saturated carbocycles. The van der Waals surface area contributed by atoms with Gasteiger partial charge in [0, 0.05) is 12.6 Å². The highest BCUT2D eigenvalue weighted by Gasteiger charge is 2.31. The maximum atomic E-state index is 11.5. The van der Waals surface area contributed by atoms with Gasteiger partial charge >= 0.3 is 6.09 Å². The molecule has 150 valence electrons. The Hall–Kier alpha value is -2.44. The van der Waals surface area contributed by atoms with Crippen LogP contribution >= 0.6 is 0 Å². The van der Waals surface area contributed by atoms with Crippen molar-refractivity contribution in [2.24, 2.45) is 4.99 Å². The summed E-state index contributed by atoms with van der Waals surface area (Å²) in [6.07, 6.45) is -0.544. The van der Waals surface area contributed by atoms with Gasteiger partial charge in [0.05, 0.1) is 19.7 Å². The monoisotopic (exact) mass is 377 g/mol. The molecular weight excluding hydrogens is 346 g/mol. The van der Waals surface area contributed by atoms with Gasteiger partial charge in [-0.25, -0.2) is 4.79 Å². The van der Waals surface area contributed by atoms with E-state index in [0.717, 1.165) is 17.1 Å². The van der Waals surface area contributed by atoms with E-state index < -0.39 is 6.09 Å². The van der Waals surface area contributed by atoms with Crippen molar-refractivity contribution >= 4 is 12.1 Å². The van der Waals surface area contributed by atoms with E-state index in [4.69, 9.17) is 9.47 Å². The van der Waals surface area contributed by atoms with Crippen molar-refractivity contribution in [1.29, 1.82) is 0 Å². The van der Waals surface area contributed by atoms with E-state index in [9.17, 15) is 4.79 Å². The fourth-order valence-electron chi connectivity index (χ4n) is 2.76. The van der Waals surface area contributed by atoms with Crippen molar-refractivity contribution in [3.05, 3.63) is 23.8 Å². The molecule has 7 nitrogen and oxygen atoms in total. The summed E-state index contributed by atoms with van der Waals surface area (Å²) in [7, 11) is 3.20. The molecule has 2 rings (SSSR count). The number of hydrogen-bond acceptors (Lipinski definition) is 6. The minimum absolute atomic E-state index is 0.0852. The van der Waals surface area contributed by atoms with Crippen LogP contribution in [0.15, 0.2) is 23.2 Å². The van der Waals surface area contributed by atoms with E-state index in [1.807, 2.05) is 71.7 Å². The normalized spacial score (nSPS) is 17.4. The molecule has 1 aliphatic rings. The van der Waals surface area contributed by atoms with E-state index >= 15 is 0 Å². The van der Waals surface area contributed by atoms with Crippen molar-refractivity contribution in [3.8, 4) is 11.5 Å². The van der Waals surface area contributed by atoms with E-state index in [2.05, 4.69) is 15.0 Å². The van der Waals surface area contributed by atoms with Gasteiger partial charge in [-0.3, -0.25) is 10.3 Å². The highest BCUT2D eigenvalue weighted by Crippen LogP contribution is 2.37. The molecule has 1 amide bonds. The Kier molecular flexibility index (Phi) is 5.92. The second-order valence-electron chi connectivity index (χ2n) is 8.54. The highest BCUT2D eigenvalue weighted by atomic mass is 16.5. The number of nitrogens with zero attached hydrogens (tertiary/aromatic N) is 2. The Morgan fingerprint density at radius 1 is 1.15 bits per heavy atom. The molecule has 1 heterocycles. The summed E-state index contributed by atoms with van der Waals surface area (Å²) in [6.45, 7) is 12.6. The summed E-state index contributed by atoms with van der Waals surface area (Å²) in [4.78, 5) is 17.9. The Balaban J connectivity index is 2.34. The number of aliphatic imine (C=N–C) groups is 1. The number of hydrogen-bond donors (Lipinski definition) is 1. The first-order valence-electron chi connectivity index (χ1n) is 9.04. The SMILES string of the molecule is COC(=O)NC1=NCC(c2cc(OC(C)(C)C)ccc2OC(C)(C)C)N1C. The van der Waals surface area contributed by atoms with Crippen molar-refractivity contribution in [2.45, 2.75) is 58.8 Å². The number of likely N-dealkylation sites (N-methyl/N-ethyl adjacent to an activating group) is 1. The van der Waals surface area contributed by atoms with E-state index in [1.54, 1.807) is 0 Å². The zero-order valence-electron chi connectivity index (χ0n) is 17.5. The maximum Gasteiger partial charge on any atom is 0.413 e. The van der Waals surface area contributed by atoms with Crippen molar-refractivity contribution in [3.63, 3.8) is 0 Å². The summed E-state index contributed by atoms with van der Waals surface area (Å²) >= 11 is 0. The van der Waals surface area contributed by atoms with Gasteiger partial charge in [0.2, 0.25) is 5.96 Å². The number of carbonyl (C=O) groups is 1. The summed E-state index contributed by atoms with van der Waals surface area (Å²) in [6, 6.07) is 5.75. The molecule has 1 atom stereocenters. The van der Waals surface area contributed by atoms with E-state index in [-0.39, 0.29) is 17.2 Å². The van der Waals surface area contributed by atoms with Gasteiger partial charge in [0.15, 0.2) is 0 Å². The second kappa shape index (κ2) is 7.66. The van der Waals surface area contributed by atoms with Crippen LogP contribution in [0.3, 0.4) is 0 Å². The third-order valence-corrected chi connectivity index (χ3v) is 3.80. The number of rotatable bonds is 3. The van der Waals surface area contributed by atoms with Crippen molar-refractivity contribution in [1.82, 2.24) is 10.2 Å². The lowest BCUT2D eigenvalue weighted by Crippen LogP contribution is -2.40. The van der Waals surface area contributed by atoms with Gasteiger partial charge < -0.3 is 19.1 Å². The van der Waals surface area contributed by atoms with Gasteiger partial charge in [-0.15, -0.1) is 0 Å². The molecule has 0 aliphatic carbocycles. The summed E-state index contributed by atoms with van der Waals surface area (Å²) in [5, 5.41) is 2.64. The summed E-state index contributed by atoms with van der Waals surface area (Å²) in [5.74, 6) is 2.01. The molecule has 0 fully saturated rings. The quantitative estimate of drug-likeness (QED) is 0.869. The topological polar surface area (TPSA) is 72.4 Å². The van der Waals surface area contributed by atoms with Crippen LogP contribution in [0.5, 0.6) is 11.5 Å². The van der Waals surface area contributed by atoms with E-state index in [0.29, 0.717) is 12.5 Å². The molecule has 1 aromatic rings. The molecule has 1 unspecified atom stereocenters. The first kappa shape index (κ1) is 20.9. The van der Waals surface area contributed by atoms with E-state index in [1.165, 1.54) is 7.11 Å². The lowest BCUT2D eigenvalue weighted by molar-refractivity contribution is 0.122. The molecule has 1 aromatic carbocycles. The van der Waals surface area contributed by atoms with Crippen LogP contribution in [-0.2, 0) is 4.74 Å². The largest absolute Gasteiger partial charge is 0.488 e. The molecule has 0 spiro atoms. The highest BCUT2D eigenvalue weighted by molar-refractivity contribution is 5.95. The van der Waals surface area contributed by atoms with Gasteiger partial charge in [-0.05, 0) is 59.7 Å². The Labute approximate surface area is 161 Å². The van der Waals surface area contributed by atoms with Crippen LogP contribution in [0, 0.1) is 0 Å². The van der Waals surface area contributed by atoms with Crippen LogP contribution in [0.2, 0.25) is 0 Å². The lowest BCUT2D eigenvalue weighted by Gasteiger charge is -2.29. The zero-order valence-corrected chi connectivity index (χ0v) is 17.5. The second-order valence-corrected chi connectivity index (χ2v) is 8.54. The number of alkyl carbamates (subject to hydrolysis) is 1. The smallest absolute Gasteiger partial charge is 0.413 e. The molecule has 27 heavy (non-hydrogen) atoms. The number of benzene rings is 1. The summed E-state index contributed by atoms with van der Waals surface area (Å²) < 4.78 is 16.9. The molecule has 7 heteroatoms. The predicted octanol–water partition coefficient (Wildman–Crippen LogP) is 3.74. The number of ether oxygens (including phenoxy) is 3. The van der Waals surface area contributed by atoms with Crippen molar-refractivity contribution < 1.29 is 19.0 Å². The van der Waals surface area contributed by atoms with Gasteiger partial charge in [-0.2, -0.15) is 0 Å². The number of carbonyl (C=O) groups excluding carboxylic acids is 1. The zero-order chi connectivity index (χ0) is 20.4. The fourth-order valence-corrected chi connectivity index (χ4v) is 2.76. The van der Waals surface area contributed by atoms with Gasteiger partial charge in [-0.1, -0.05) is 0 Å². The number of nitrogens with one attached hydrogen (secondary N) is 1. The van der Waals surface area contributed by atoms with Gasteiger partial charge in [0.1, 0.15) is 22.7 Å². The minimum Gasteiger partial charge on any atom is -0.488 e. The Morgan fingerprint density at radius 2 is 1.78 bits per heavy atom. The Morgan fingerprint density at radius 3 is 2.33 bits per heavy atom. The maximum absolute atomic E-state index is 11.5. The first-order valence-corrected chi connectivity index (χ1v) is 9.04. The number of guanidine groups is 1. The minimum atomic E-state index is -0.544. The van der Waals surface area contributed by atoms with Gasteiger partial charge in [0.25, 0.3) is 0 Å². The number of amides is 1. The molecule has 0 saturated heterocycles. The van der Waals surface area contributed by atoms with Crippen LogP contribution in [0.25, 0.3) is 0 Å². The first-order chi connectivity index (χ1) is 12.4. The van der Waals surface area contributed by atoms with Crippen LogP contribution < -0.4 is 14.8 Å². The third-order valence-electron chi connectivity index (χ3n) is 3.80. The summed E-state index contributed by atoms with van der Waals surface area (Å²) in [5.41, 5.74) is 0.311. The lowest BCUT2D eigenvalue weighted by atomic mass is 10.0. The molecule has 0 bridgehead atoms. The predicted molar refractivity (Wildman–Crippen MR) is 106 cm³/mol. The number of methoxy groups -OCH3 is 1. The van der Waals surface area contributed by atoms with Crippen LogP contribution in [-0.4, -0.2) is 48.9 Å². The van der Waals surface area contributed by atoms with Crippen LogP contribution in [0.1, 0.15) is 53.1 Å². The Bertz CT molecular complexity index is 717. The molecule has 1 N–H and O–H groups in total. The molecule has 1 aliphatic heterocycles. The average Bonchev–Trinajstić information content (AvgIpc) is 2.87. The molecular formula is C20H31N3O4. The average molecular weight is 377 g/mol.